The number of halogens is 1. The maximum Gasteiger partial charge on any atom is 0.203 e. The number of rotatable bonds is 7. The molecule has 0 unspecified atom stereocenters. The van der Waals surface area contributed by atoms with Crippen molar-refractivity contribution in [3.05, 3.63) is 95.6 Å². The first-order valence-corrected chi connectivity index (χ1v) is 10.4. The molecule has 5 nitrogen and oxygen atoms in total. The maximum atomic E-state index is 14.8. The van der Waals surface area contributed by atoms with Gasteiger partial charge in [0.1, 0.15) is 5.82 Å². The third-order valence-electron chi connectivity index (χ3n) is 5.46. The highest BCUT2D eigenvalue weighted by atomic mass is 19.1. The first-order valence-electron chi connectivity index (χ1n) is 10.4. The van der Waals surface area contributed by atoms with Gasteiger partial charge in [0.25, 0.3) is 0 Å². The Morgan fingerprint density at radius 3 is 2.12 bits per heavy atom. The van der Waals surface area contributed by atoms with Crippen molar-refractivity contribution in [2.24, 2.45) is 0 Å². The molecular weight excluding hydrogens is 421 g/mol. The van der Waals surface area contributed by atoms with Gasteiger partial charge in [-0.25, -0.2) is 4.39 Å². The Morgan fingerprint density at radius 1 is 0.818 bits per heavy atom. The summed E-state index contributed by atoms with van der Waals surface area (Å²) in [5.41, 5.74) is 3.48. The average molecular weight is 445 g/mol. The first-order chi connectivity index (χ1) is 16.0. The van der Waals surface area contributed by atoms with Gasteiger partial charge in [-0.1, -0.05) is 30.3 Å². The molecule has 0 N–H and O–H groups in total. The number of aryl methyl sites for hydroxylation is 1. The van der Waals surface area contributed by atoms with Crippen LogP contribution in [-0.2, 0) is 0 Å². The van der Waals surface area contributed by atoms with E-state index in [-0.39, 0.29) is 5.78 Å². The quantitative estimate of drug-likeness (QED) is 0.335. The molecule has 4 aromatic rings. The number of benzene rings is 3. The number of ether oxygens (including phenoxy) is 3. The standard InChI is InChI=1S/C27H24FNO4/c1-17-8-7-9-19(12-17)29-15-21(20-10-5-6-11-23(20)28)22(16-29)26(30)18-13-24(31-2)27(33-4)25(14-18)32-3/h5-16H,1-4H3. The predicted molar refractivity (Wildman–Crippen MR) is 125 cm³/mol. The van der Waals surface area contributed by atoms with E-state index in [1.807, 2.05) is 35.8 Å². The highest BCUT2D eigenvalue weighted by Crippen LogP contribution is 2.39. The summed E-state index contributed by atoms with van der Waals surface area (Å²) < 4.78 is 32.8. The molecule has 0 spiro atoms. The number of nitrogens with zero attached hydrogens (tertiary/aromatic N) is 1. The fourth-order valence-electron chi connectivity index (χ4n) is 3.84. The second-order valence-electron chi connectivity index (χ2n) is 7.55. The second kappa shape index (κ2) is 9.20. The zero-order valence-electron chi connectivity index (χ0n) is 18.9. The minimum absolute atomic E-state index is 0.293. The largest absolute Gasteiger partial charge is 0.493 e. The van der Waals surface area contributed by atoms with Gasteiger partial charge in [0.2, 0.25) is 5.75 Å². The van der Waals surface area contributed by atoms with Crippen molar-refractivity contribution in [1.82, 2.24) is 4.57 Å². The van der Waals surface area contributed by atoms with Crippen molar-refractivity contribution in [2.45, 2.75) is 6.92 Å². The number of aromatic nitrogens is 1. The first kappa shape index (κ1) is 22.1. The molecular formula is C27H24FNO4. The summed E-state index contributed by atoms with van der Waals surface area (Å²) in [5, 5.41) is 0. The van der Waals surface area contributed by atoms with E-state index in [0.717, 1.165) is 11.3 Å². The Bertz CT molecular complexity index is 1300. The fraction of sp³-hybridized carbons (Fsp3) is 0.148. The molecule has 33 heavy (non-hydrogen) atoms. The molecule has 0 bridgehead atoms. The molecule has 4 rings (SSSR count). The minimum atomic E-state index is -0.404. The molecule has 168 valence electrons. The molecule has 0 aliphatic heterocycles. The molecule has 6 heteroatoms. The van der Waals surface area contributed by atoms with Gasteiger partial charge in [-0.3, -0.25) is 4.79 Å². The molecule has 0 atom stereocenters. The van der Waals surface area contributed by atoms with Crippen LogP contribution in [0.5, 0.6) is 17.2 Å². The number of hydrogen-bond donors (Lipinski definition) is 0. The van der Waals surface area contributed by atoms with Gasteiger partial charge in [-0.05, 0) is 42.8 Å². The van der Waals surface area contributed by atoms with E-state index in [1.165, 1.54) is 27.4 Å². The third kappa shape index (κ3) is 4.20. The Morgan fingerprint density at radius 2 is 1.52 bits per heavy atom. The zero-order chi connectivity index (χ0) is 23.5. The lowest BCUT2D eigenvalue weighted by molar-refractivity contribution is 0.103. The number of methoxy groups -OCH3 is 3. The van der Waals surface area contributed by atoms with E-state index in [0.29, 0.717) is 39.5 Å². The SMILES string of the molecule is COc1cc(C(=O)c2cn(-c3cccc(C)c3)cc2-c2ccccc2F)cc(OC)c1OC. The lowest BCUT2D eigenvalue weighted by atomic mass is 9.97. The minimum Gasteiger partial charge on any atom is -0.493 e. The Labute approximate surface area is 192 Å². The third-order valence-corrected chi connectivity index (χ3v) is 5.46. The van der Waals surface area contributed by atoms with Gasteiger partial charge < -0.3 is 18.8 Å². The summed E-state index contributed by atoms with van der Waals surface area (Å²) in [6.45, 7) is 1.99. The molecule has 3 aromatic carbocycles. The highest BCUT2D eigenvalue weighted by molar-refractivity contribution is 6.13. The Balaban J connectivity index is 1.91. The number of hydrogen-bond acceptors (Lipinski definition) is 4. The topological polar surface area (TPSA) is 49.7 Å². The van der Waals surface area contributed by atoms with Crippen LogP contribution < -0.4 is 14.2 Å². The highest BCUT2D eigenvalue weighted by Gasteiger charge is 2.23. The van der Waals surface area contributed by atoms with E-state index in [2.05, 4.69) is 0 Å². The lowest BCUT2D eigenvalue weighted by Gasteiger charge is -2.14. The molecule has 0 aliphatic rings. The molecule has 1 aromatic heterocycles. The molecule has 0 saturated carbocycles. The van der Waals surface area contributed by atoms with Crippen molar-refractivity contribution >= 4 is 5.78 Å². The van der Waals surface area contributed by atoms with Crippen LogP contribution in [0.3, 0.4) is 0 Å². The summed E-state index contributed by atoms with van der Waals surface area (Å²) in [4.78, 5) is 13.7. The van der Waals surface area contributed by atoms with Crippen LogP contribution in [0.4, 0.5) is 4.39 Å². The second-order valence-corrected chi connectivity index (χ2v) is 7.55. The van der Waals surface area contributed by atoms with Gasteiger partial charge in [0.15, 0.2) is 17.3 Å². The summed E-state index contributed by atoms with van der Waals surface area (Å²) >= 11 is 0. The van der Waals surface area contributed by atoms with Crippen molar-refractivity contribution in [3.63, 3.8) is 0 Å². The van der Waals surface area contributed by atoms with Gasteiger partial charge in [0.05, 0.1) is 21.3 Å². The van der Waals surface area contributed by atoms with E-state index >= 15 is 0 Å². The molecule has 0 saturated heterocycles. The van der Waals surface area contributed by atoms with E-state index in [1.54, 1.807) is 42.7 Å². The van der Waals surface area contributed by atoms with Crippen molar-refractivity contribution in [2.75, 3.05) is 21.3 Å². The van der Waals surface area contributed by atoms with Crippen molar-refractivity contribution < 1.29 is 23.4 Å². The van der Waals surface area contributed by atoms with Gasteiger partial charge in [0, 0.05) is 40.3 Å². The Hall–Kier alpha value is -4.06. The summed E-state index contributed by atoms with van der Waals surface area (Å²) in [6, 6.07) is 17.5. The van der Waals surface area contributed by atoms with Crippen molar-refractivity contribution in [1.29, 1.82) is 0 Å². The van der Waals surface area contributed by atoms with Crippen LogP contribution >= 0.6 is 0 Å². The van der Waals surface area contributed by atoms with Crippen LogP contribution in [0.15, 0.2) is 73.1 Å². The fourth-order valence-corrected chi connectivity index (χ4v) is 3.84. The van der Waals surface area contributed by atoms with Gasteiger partial charge >= 0.3 is 0 Å². The number of carbonyl (C=O) groups is 1. The lowest BCUT2D eigenvalue weighted by Crippen LogP contribution is -2.05. The van der Waals surface area contributed by atoms with E-state index < -0.39 is 5.82 Å². The van der Waals surface area contributed by atoms with Gasteiger partial charge in [-0.15, -0.1) is 0 Å². The van der Waals surface area contributed by atoms with Crippen LogP contribution in [0.1, 0.15) is 21.5 Å². The average Bonchev–Trinajstić information content (AvgIpc) is 3.28. The Kier molecular flexibility index (Phi) is 6.18. The van der Waals surface area contributed by atoms with Crippen LogP contribution in [0.2, 0.25) is 0 Å². The monoisotopic (exact) mass is 445 g/mol. The number of carbonyl (C=O) groups excluding carboxylic acids is 1. The van der Waals surface area contributed by atoms with Crippen LogP contribution in [-0.4, -0.2) is 31.7 Å². The number of ketones is 1. The van der Waals surface area contributed by atoms with Crippen LogP contribution in [0.25, 0.3) is 16.8 Å². The molecule has 0 aliphatic carbocycles. The molecule has 0 fully saturated rings. The zero-order valence-corrected chi connectivity index (χ0v) is 18.9. The van der Waals surface area contributed by atoms with Crippen molar-refractivity contribution in [3.8, 4) is 34.1 Å². The summed E-state index contributed by atoms with van der Waals surface area (Å²) in [5.74, 6) is 0.428. The molecule has 0 radical (unpaired) electrons. The predicted octanol–water partition coefficient (Wildman–Crippen LogP) is 5.85. The van der Waals surface area contributed by atoms with E-state index in [9.17, 15) is 9.18 Å². The maximum absolute atomic E-state index is 14.8. The van der Waals surface area contributed by atoms with Gasteiger partial charge in [-0.2, -0.15) is 0 Å². The summed E-state index contributed by atoms with van der Waals surface area (Å²) in [6.07, 6.45) is 3.50. The molecule has 0 amide bonds. The normalized spacial score (nSPS) is 10.7. The smallest absolute Gasteiger partial charge is 0.203 e. The molecule has 1 heterocycles. The summed E-state index contributed by atoms with van der Waals surface area (Å²) in [7, 11) is 4.48. The van der Waals surface area contributed by atoms with Crippen LogP contribution in [0, 0.1) is 12.7 Å². The van der Waals surface area contributed by atoms with E-state index in [4.69, 9.17) is 14.2 Å².